The van der Waals surface area contributed by atoms with Crippen LogP contribution in [0.15, 0.2) is 26.9 Å². The van der Waals surface area contributed by atoms with Crippen molar-refractivity contribution < 1.29 is 27.6 Å². The van der Waals surface area contributed by atoms with Gasteiger partial charge in [-0.3, -0.25) is 14.3 Å². The van der Waals surface area contributed by atoms with Gasteiger partial charge in [-0.1, -0.05) is 0 Å². The first kappa shape index (κ1) is 16.9. The van der Waals surface area contributed by atoms with E-state index in [1.165, 1.54) is 6.92 Å². The average Bonchev–Trinajstić information content (AvgIpc) is 2.89. The summed E-state index contributed by atoms with van der Waals surface area (Å²) in [5.74, 6) is 0. The Bertz CT molecular complexity index is 932. The normalized spacial score (nSPS) is 34.6. The summed E-state index contributed by atoms with van der Waals surface area (Å²) in [5.41, 5.74) is 1.96. The molecule has 12 heteroatoms. The number of hydrogen-bond acceptors (Lipinski definition) is 9. The van der Waals surface area contributed by atoms with Gasteiger partial charge in [-0.2, -0.15) is 8.42 Å². The third-order valence-corrected chi connectivity index (χ3v) is 5.10. The molecule has 1 fully saturated rings. The van der Waals surface area contributed by atoms with E-state index in [0.29, 0.717) is 5.41 Å². The number of rotatable bonds is 2. The lowest BCUT2D eigenvalue weighted by Crippen LogP contribution is -2.53. The van der Waals surface area contributed by atoms with Crippen molar-refractivity contribution in [1.29, 1.82) is 0 Å². The maximum Gasteiger partial charge on any atom is 0.330 e. The lowest BCUT2D eigenvalue weighted by Gasteiger charge is -2.30. The van der Waals surface area contributed by atoms with Crippen molar-refractivity contribution in [3.8, 4) is 0 Å². The van der Waals surface area contributed by atoms with E-state index in [9.17, 15) is 28.2 Å². The highest BCUT2D eigenvalue weighted by atomic mass is 32.2. The van der Waals surface area contributed by atoms with Gasteiger partial charge in [-0.05, 0) is 6.92 Å². The quantitative estimate of drug-likeness (QED) is 0.400. The van der Waals surface area contributed by atoms with Gasteiger partial charge in [0, 0.05) is 11.8 Å². The number of aliphatic hydroxyl groups excluding tert-OH is 2. The highest BCUT2D eigenvalue weighted by Crippen LogP contribution is 2.46. The Morgan fingerprint density at radius 3 is 2.67 bits per heavy atom. The fourth-order valence-corrected chi connectivity index (χ4v) is 4.12. The number of nitrogens with one attached hydrogen (secondary N) is 1. The van der Waals surface area contributed by atoms with E-state index in [4.69, 9.17) is 14.7 Å². The number of nitrogens with two attached hydrogens (primary N) is 1. The van der Waals surface area contributed by atoms with Crippen LogP contribution in [0.2, 0.25) is 0 Å². The molecule has 2 aliphatic rings. The minimum Gasteiger partial charge on any atom is -0.399 e. The van der Waals surface area contributed by atoms with Gasteiger partial charge in [-0.15, -0.1) is 0 Å². The molecule has 0 bridgehead atoms. The van der Waals surface area contributed by atoms with Crippen molar-refractivity contribution in [3.05, 3.63) is 43.7 Å². The standard InChI is InChI=1S/C12H15N3O8S/c1-5-2-15(11(19)14-9(5)18)10-8(17)12(7(3-16)22-10)6(13)4-24(20,21)23-12/h2,4,7-8,10,16-17H,3,13H2,1H3,(H,14,18,19). The predicted molar refractivity (Wildman–Crippen MR) is 78.1 cm³/mol. The smallest absolute Gasteiger partial charge is 0.330 e. The highest BCUT2D eigenvalue weighted by molar-refractivity contribution is 7.90. The topological polar surface area (TPSA) is 174 Å². The summed E-state index contributed by atoms with van der Waals surface area (Å²) in [6.45, 7) is 0.703. The number of aliphatic hydroxyl groups is 2. The molecule has 0 saturated carbocycles. The van der Waals surface area contributed by atoms with Gasteiger partial charge in [0.15, 0.2) is 11.8 Å². The molecule has 24 heavy (non-hydrogen) atoms. The molecule has 5 N–H and O–H groups in total. The van der Waals surface area contributed by atoms with Gasteiger partial charge >= 0.3 is 5.69 Å². The Kier molecular flexibility index (Phi) is 3.69. The van der Waals surface area contributed by atoms with Crippen molar-refractivity contribution in [2.75, 3.05) is 6.61 Å². The van der Waals surface area contributed by atoms with Crippen LogP contribution in [0.25, 0.3) is 0 Å². The fraction of sp³-hybridized carbons (Fsp3) is 0.500. The first-order valence-electron chi connectivity index (χ1n) is 6.82. The van der Waals surface area contributed by atoms with Crippen LogP contribution in [0, 0.1) is 6.92 Å². The molecule has 3 rings (SSSR count). The van der Waals surface area contributed by atoms with Crippen LogP contribution < -0.4 is 17.0 Å². The monoisotopic (exact) mass is 361 g/mol. The molecule has 3 heterocycles. The van der Waals surface area contributed by atoms with Gasteiger partial charge in [0.1, 0.15) is 12.2 Å². The molecule has 4 atom stereocenters. The van der Waals surface area contributed by atoms with Crippen molar-refractivity contribution in [1.82, 2.24) is 9.55 Å². The van der Waals surface area contributed by atoms with Crippen LogP contribution in [-0.2, 0) is 19.0 Å². The number of aromatic amines is 1. The molecule has 1 saturated heterocycles. The predicted octanol–water partition coefficient (Wildman–Crippen LogP) is -3.01. The Balaban J connectivity index is 2.13. The summed E-state index contributed by atoms with van der Waals surface area (Å²) in [6.07, 6.45) is -3.35. The van der Waals surface area contributed by atoms with Gasteiger partial charge in [0.05, 0.1) is 17.7 Å². The van der Waals surface area contributed by atoms with E-state index in [1.54, 1.807) is 0 Å². The Hall–Kier alpha value is -1.99. The molecular weight excluding hydrogens is 346 g/mol. The van der Waals surface area contributed by atoms with E-state index in [-0.39, 0.29) is 11.3 Å². The lowest BCUT2D eigenvalue weighted by molar-refractivity contribution is -0.0591. The second-order valence-electron chi connectivity index (χ2n) is 5.56. The highest BCUT2D eigenvalue weighted by Gasteiger charge is 2.64. The molecule has 4 unspecified atom stereocenters. The number of hydrogen-bond donors (Lipinski definition) is 4. The summed E-state index contributed by atoms with van der Waals surface area (Å²) >= 11 is 0. The summed E-state index contributed by atoms with van der Waals surface area (Å²) in [7, 11) is -4.18. The number of nitrogens with zero attached hydrogens (tertiary/aromatic N) is 1. The number of aromatic nitrogens is 2. The number of H-pyrrole nitrogens is 1. The van der Waals surface area contributed by atoms with E-state index in [2.05, 4.69) is 0 Å². The second kappa shape index (κ2) is 5.26. The Labute approximate surface area is 135 Å². The number of ether oxygens (including phenoxy) is 1. The van der Waals surface area contributed by atoms with Gasteiger partial charge in [0.25, 0.3) is 15.7 Å². The summed E-state index contributed by atoms with van der Waals surface area (Å²) in [6, 6.07) is 0. The minimum atomic E-state index is -4.18. The van der Waals surface area contributed by atoms with Crippen LogP contribution in [0.4, 0.5) is 0 Å². The molecule has 0 aromatic carbocycles. The molecule has 0 aliphatic carbocycles. The summed E-state index contributed by atoms with van der Waals surface area (Å²) in [4.78, 5) is 25.5. The first-order chi connectivity index (χ1) is 11.1. The van der Waals surface area contributed by atoms with Crippen molar-refractivity contribution in [3.63, 3.8) is 0 Å². The summed E-state index contributed by atoms with van der Waals surface area (Å²) < 4.78 is 34.5. The van der Waals surface area contributed by atoms with Gasteiger partial charge in [-0.25, -0.2) is 8.98 Å². The van der Waals surface area contributed by atoms with Crippen LogP contribution in [0.5, 0.6) is 0 Å². The molecule has 1 aromatic heterocycles. The van der Waals surface area contributed by atoms with Crippen molar-refractivity contribution >= 4 is 10.1 Å². The molecule has 132 valence electrons. The third-order valence-electron chi connectivity index (χ3n) is 4.05. The molecule has 1 aromatic rings. The maximum atomic E-state index is 12.0. The number of aryl methyl sites for hydroxylation is 1. The van der Waals surface area contributed by atoms with E-state index >= 15 is 0 Å². The second-order valence-corrected chi connectivity index (χ2v) is 6.95. The molecule has 2 aliphatic heterocycles. The Morgan fingerprint density at radius 2 is 2.12 bits per heavy atom. The third kappa shape index (κ3) is 2.22. The fourth-order valence-electron chi connectivity index (χ4n) is 2.89. The van der Waals surface area contributed by atoms with Crippen LogP contribution in [0.3, 0.4) is 0 Å². The van der Waals surface area contributed by atoms with E-state index in [0.717, 1.165) is 10.8 Å². The van der Waals surface area contributed by atoms with Crippen molar-refractivity contribution in [2.24, 2.45) is 5.73 Å². The molecule has 0 amide bonds. The van der Waals surface area contributed by atoms with E-state index in [1.807, 2.05) is 4.98 Å². The zero-order chi connectivity index (χ0) is 17.9. The molecule has 0 radical (unpaired) electrons. The zero-order valence-electron chi connectivity index (χ0n) is 12.4. The van der Waals surface area contributed by atoms with Crippen LogP contribution in [-0.4, -0.2) is 52.6 Å². The first-order valence-corrected chi connectivity index (χ1v) is 8.29. The van der Waals surface area contributed by atoms with Gasteiger partial charge < -0.3 is 20.7 Å². The molecular formula is C12H15N3O8S. The van der Waals surface area contributed by atoms with Crippen molar-refractivity contribution in [2.45, 2.75) is 31.0 Å². The average molecular weight is 361 g/mol. The molecule has 11 nitrogen and oxygen atoms in total. The minimum absolute atomic E-state index is 0.162. The molecule has 1 spiro atoms. The van der Waals surface area contributed by atoms with Gasteiger partial charge in [0.2, 0.25) is 0 Å². The lowest BCUT2D eigenvalue weighted by atomic mass is 9.89. The maximum absolute atomic E-state index is 12.0. The van der Waals surface area contributed by atoms with Crippen LogP contribution >= 0.6 is 0 Å². The zero-order valence-corrected chi connectivity index (χ0v) is 13.2. The Morgan fingerprint density at radius 1 is 1.46 bits per heavy atom. The van der Waals surface area contributed by atoms with E-state index < -0.39 is 52.0 Å². The SMILES string of the molecule is Cc1cn(C2OC(CO)C3(OS(=O)(=O)C=C3N)C2O)c(=O)[nH]c1=O. The largest absolute Gasteiger partial charge is 0.399 e. The van der Waals surface area contributed by atoms with Crippen LogP contribution in [0.1, 0.15) is 11.8 Å². The summed E-state index contributed by atoms with van der Waals surface area (Å²) in [5, 5.41) is 20.7.